The fourth-order valence-corrected chi connectivity index (χ4v) is 1.79. The molecule has 1 heterocycles. The molecule has 0 amide bonds. The molecule has 1 N–H and O–H groups in total. The summed E-state index contributed by atoms with van der Waals surface area (Å²) < 4.78 is 4.71. The summed E-state index contributed by atoms with van der Waals surface area (Å²) in [6.45, 7) is 5.35. The minimum absolute atomic E-state index is 0.0407. The van der Waals surface area contributed by atoms with Gasteiger partial charge in [-0.3, -0.25) is 4.79 Å². The number of anilines is 1. The number of hydrogen-bond donors (Lipinski definition) is 1. The molecule has 0 aliphatic rings. The first-order valence-corrected chi connectivity index (χ1v) is 6.12. The fraction of sp³-hybridized carbons (Fsp3) is 0.500. The number of hydrogen-bond acceptors (Lipinski definition) is 6. The Hall–Kier alpha value is -1.69. The van der Waals surface area contributed by atoms with Gasteiger partial charge in [-0.05, 0) is 12.8 Å². The molecule has 7 heteroatoms. The van der Waals surface area contributed by atoms with E-state index >= 15 is 0 Å². The molecule has 1 atom stereocenters. The zero-order valence-corrected chi connectivity index (χ0v) is 12.0. The van der Waals surface area contributed by atoms with Crippen molar-refractivity contribution in [2.75, 3.05) is 12.4 Å². The molecule has 0 bridgehead atoms. The Labute approximate surface area is 116 Å². The SMILES string of the molecule is COC(=O)C(Nc1nc(C)nc(Cl)c1C=O)C(C)C. The molecule has 0 saturated heterocycles. The molecule has 0 saturated carbocycles. The van der Waals surface area contributed by atoms with Crippen LogP contribution < -0.4 is 5.32 Å². The van der Waals surface area contributed by atoms with Gasteiger partial charge in [-0.2, -0.15) is 0 Å². The Kier molecular flexibility index (Phi) is 5.23. The summed E-state index contributed by atoms with van der Waals surface area (Å²) in [5.41, 5.74) is 0.127. The zero-order valence-electron chi connectivity index (χ0n) is 11.2. The molecule has 1 unspecified atom stereocenters. The largest absolute Gasteiger partial charge is 0.467 e. The number of carbonyl (C=O) groups is 2. The number of methoxy groups -OCH3 is 1. The fourth-order valence-electron chi connectivity index (χ4n) is 1.53. The van der Waals surface area contributed by atoms with Crippen molar-refractivity contribution in [2.45, 2.75) is 26.8 Å². The summed E-state index contributed by atoms with van der Waals surface area (Å²) in [6, 6.07) is -0.617. The van der Waals surface area contributed by atoms with Crippen LogP contribution in [-0.4, -0.2) is 35.4 Å². The second-order valence-corrected chi connectivity index (χ2v) is 4.69. The van der Waals surface area contributed by atoms with Crippen LogP contribution in [0.15, 0.2) is 0 Å². The van der Waals surface area contributed by atoms with E-state index in [-0.39, 0.29) is 22.5 Å². The average Bonchev–Trinajstić information content (AvgIpc) is 2.34. The van der Waals surface area contributed by atoms with Gasteiger partial charge in [0.05, 0.1) is 12.7 Å². The summed E-state index contributed by atoms with van der Waals surface area (Å²) in [6.07, 6.45) is 0.554. The van der Waals surface area contributed by atoms with E-state index in [2.05, 4.69) is 15.3 Å². The summed E-state index contributed by atoms with van der Waals surface area (Å²) in [7, 11) is 1.30. The highest BCUT2D eigenvalue weighted by molar-refractivity contribution is 6.32. The maximum absolute atomic E-state index is 11.7. The lowest BCUT2D eigenvalue weighted by Gasteiger charge is -2.21. The first-order valence-electron chi connectivity index (χ1n) is 5.74. The van der Waals surface area contributed by atoms with E-state index in [1.54, 1.807) is 6.92 Å². The van der Waals surface area contributed by atoms with Crippen LogP contribution in [0.4, 0.5) is 5.82 Å². The van der Waals surface area contributed by atoms with Gasteiger partial charge in [0, 0.05) is 0 Å². The molecule has 0 fully saturated rings. The van der Waals surface area contributed by atoms with Gasteiger partial charge in [0.15, 0.2) is 6.29 Å². The standard InChI is InChI=1S/C12H16ClN3O3/c1-6(2)9(12(18)19-4)16-11-8(5-17)10(13)14-7(3)15-11/h5-6,9H,1-4H3,(H,14,15,16). The predicted octanol–water partition coefficient (Wildman–Crippen LogP) is 1.86. The smallest absolute Gasteiger partial charge is 0.328 e. The molecule has 6 nitrogen and oxygen atoms in total. The van der Waals surface area contributed by atoms with E-state index in [9.17, 15) is 9.59 Å². The number of nitrogens with one attached hydrogen (secondary N) is 1. The number of carbonyl (C=O) groups excluding carboxylic acids is 2. The third-order valence-corrected chi connectivity index (χ3v) is 2.83. The van der Waals surface area contributed by atoms with Gasteiger partial charge in [-0.1, -0.05) is 25.4 Å². The van der Waals surface area contributed by atoms with Gasteiger partial charge in [0.25, 0.3) is 0 Å². The Morgan fingerprint density at radius 2 is 2.05 bits per heavy atom. The highest BCUT2D eigenvalue weighted by atomic mass is 35.5. The summed E-state index contributed by atoms with van der Waals surface area (Å²) in [5.74, 6) is 0.169. The van der Waals surface area contributed by atoms with Crippen LogP contribution in [0, 0.1) is 12.8 Å². The number of esters is 1. The molecule has 0 aliphatic carbocycles. The lowest BCUT2D eigenvalue weighted by atomic mass is 10.0. The quantitative estimate of drug-likeness (QED) is 0.505. The van der Waals surface area contributed by atoms with Crippen molar-refractivity contribution < 1.29 is 14.3 Å². The van der Waals surface area contributed by atoms with E-state index < -0.39 is 12.0 Å². The molecule has 0 aliphatic heterocycles. The van der Waals surface area contributed by atoms with Crippen LogP contribution in [-0.2, 0) is 9.53 Å². The Balaban J connectivity index is 3.15. The normalized spacial score (nSPS) is 12.1. The van der Waals surface area contributed by atoms with Gasteiger partial charge in [-0.25, -0.2) is 14.8 Å². The maximum Gasteiger partial charge on any atom is 0.328 e. The van der Waals surface area contributed by atoms with Gasteiger partial charge in [0.1, 0.15) is 22.8 Å². The minimum Gasteiger partial charge on any atom is -0.467 e. The first-order chi connectivity index (χ1) is 8.90. The van der Waals surface area contributed by atoms with Gasteiger partial charge >= 0.3 is 5.97 Å². The van der Waals surface area contributed by atoms with Crippen molar-refractivity contribution in [3.63, 3.8) is 0 Å². The third-order valence-electron chi connectivity index (χ3n) is 2.54. The van der Waals surface area contributed by atoms with E-state index in [1.165, 1.54) is 7.11 Å². The van der Waals surface area contributed by atoms with Crippen LogP contribution in [0.5, 0.6) is 0 Å². The molecular formula is C12H16ClN3O3. The van der Waals surface area contributed by atoms with Crippen molar-refractivity contribution in [2.24, 2.45) is 5.92 Å². The summed E-state index contributed by atoms with van der Waals surface area (Å²) in [4.78, 5) is 30.7. The zero-order chi connectivity index (χ0) is 14.6. The van der Waals surface area contributed by atoms with Gasteiger partial charge < -0.3 is 10.1 Å². The number of aromatic nitrogens is 2. The second-order valence-electron chi connectivity index (χ2n) is 4.33. The number of aryl methyl sites for hydroxylation is 1. The summed E-state index contributed by atoms with van der Waals surface area (Å²) >= 11 is 5.87. The van der Waals surface area contributed by atoms with Crippen molar-refractivity contribution in [3.8, 4) is 0 Å². The number of rotatable bonds is 5. The van der Waals surface area contributed by atoms with E-state index in [0.29, 0.717) is 12.1 Å². The molecule has 1 aromatic rings. The average molecular weight is 286 g/mol. The van der Waals surface area contributed by atoms with Crippen molar-refractivity contribution in [1.82, 2.24) is 9.97 Å². The Morgan fingerprint density at radius 1 is 1.42 bits per heavy atom. The molecule has 19 heavy (non-hydrogen) atoms. The topological polar surface area (TPSA) is 81.2 Å². The van der Waals surface area contributed by atoms with Crippen molar-refractivity contribution >= 4 is 29.7 Å². The number of aldehydes is 1. The monoisotopic (exact) mass is 285 g/mol. The molecule has 104 valence electrons. The highest BCUT2D eigenvalue weighted by Crippen LogP contribution is 2.21. The number of nitrogens with zero attached hydrogens (tertiary/aromatic N) is 2. The third kappa shape index (κ3) is 3.64. The molecule has 0 aromatic carbocycles. The van der Waals surface area contributed by atoms with Crippen molar-refractivity contribution in [3.05, 3.63) is 16.5 Å². The molecule has 1 aromatic heterocycles. The molecule has 1 rings (SSSR count). The number of ether oxygens (including phenoxy) is 1. The predicted molar refractivity (Wildman–Crippen MR) is 71.4 cm³/mol. The lowest BCUT2D eigenvalue weighted by Crippen LogP contribution is -2.36. The van der Waals surface area contributed by atoms with Crippen LogP contribution >= 0.6 is 11.6 Å². The molecule has 0 radical (unpaired) electrons. The van der Waals surface area contributed by atoms with E-state index in [4.69, 9.17) is 16.3 Å². The second kappa shape index (κ2) is 6.47. The van der Waals surface area contributed by atoms with Crippen LogP contribution in [0.2, 0.25) is 5.15 Å². The Bertz CT molecular complexity index is 491. The maximum atomic E-state index is 11.7. The summed E-state index contributed by atoms with van der Waals surface area (Å²) in [5, 5.41) is 2.94. The van der Waals surface area contributed by atoms with Gasteiger partial charge in [-0.15, -0.1) is 0 Å². The van der Waals surface area contributed by atoms with E-state index in [0.717, 1.165) is 0 Å². The van der Waals surface area contributed by atoms with Crippen LogP contribution in [0.3, 0.4) is 0 Å². The minimum atomic E-state index is -0.617. The van der Waals surface area contributed by atoms with Gasteiger partial charge in [0.2, 0.25) is 0 Å². The number of halogens is 1. The van der Waals surface area contributed by atoms with Crippen LogP contribution in [0.1, 0.15) is 30.0 Å². The lowest BCUT2D eigenvalue weighted by molar-refractivity contribution is -0.142. The van der Waals surface area contributed by atoms with E-state index in [1.807, 2.05) is 13.8 Å². The Morgan fingerprint density at radius 3 is 2.53 bits per heavy atom. The molecule has 0 spiro atoms. The highest BCUT2D eigenvalue weighted by Gasteiger charge is 2.25. The van der Waals surface area contributed by atoms with Crippen LogP contribution in [0.25, 0.3) is 0 Å². The molecular weight excluding hydrogens is 270 g/mol. The first kappa shape index (κ1) is 15.4. The van der Waals surface area contributed by atoms with Crippen molar-refractivity contribution in [1.29, 1.82) is 0 Å².